The predicted octanol–water partition coefficient (Wildman–Crippen LogP) is 4.07. The van der Waals surface area contributed by atoms with Gasteiger partial charge in [-0.1, -0.05) is 57.1 Å². The van der Waals surface area contributed by atoms with E-state index < -0.39 is 0 Å². The maximum Gasteiger partial charge on any atom is 0.0614 e. The molecule has 1 nitrogen and oxygen atoms in total. The Kier molecular flexibility index (Phi) is 10.5. The topological polar surface area (TPSA) is 20.2 Å². The van der Waals surface area contributed by atoms with Crippen LogP contribution < -0.4 is 0 Å². The Labute approximate surface area is 89.2 Å². The van der Waals surface area contributed by atoms with Crippen molar-refractivity contribution < 1.29 is 5.11 Å². The first-order chi connectivity index (χ1) is 6.81. The maximum absolute atomic E-state index is 8.66. The molecule has 0 amide bonds. The molecule has 14 heavy (non-hydrogen) atoms. The van der Waals surface area contributed by atoms with E-state index in [1.165, 1.54) is 50.5 Å². The highest BCUT2D eigenvalue weighted by Gasteiger charge is 1.92. The van der Waals surface area contributed by atoms with Crippen LogP contribution in [-0.2, 0) is 0 Å². The Morgan fingerprint density at radius 2 is 1.57 bits per heavy atom. The first kappa shape index (κ1) is 13.7. The lowest BCUT2D eigenvalue weighted by Gasteiger charge is -2.01. The highest BCUT2D eigenvalue weighted by Crippen LogP contribution is 2.11. The molecular formula is C13H26O. The second kappa shape index (κ2) is 10.8. The van der Waals surface area contributed by atoms with Gasteiger partial charge in [0.2, 0.25) is 0 Å². The third kappa shape index (κ3) is 9.79. The van der Waals surface area contributed by atoms with Gasteiger partial charge < -0.3 is 5.11 Å². The smallest absolute Gasteiger partial charge is 0.0614 e. The maximum atomic E-state index is 8.66. The van der Waals surface area contributed by atoms with Crippen LogP contribution >= 0.6 is 0 Å². The number of aliphatic hydroxyl groups excluding tert-OH is 1. The molecule has 0 fully saturated rings. The number of allylic oxidation sites excluding steroid dienone is 1. The van der Waals surface area contributed by atoms with E-state index in [1.54, 1.807) is 0 Å². The summed E-state index contributed by atoms with van der Waals surface area (Å²) in [6.07, 6.45) is 12.6. The summed E-state index contributed by atoms with van der Waals surface area (Å²) in [5, 5.41) is 8.66. The minimum Gasteiger partial charge on any atom is -0.392 e. The molecular weight excluding hydrogens is 172 g/mol. The van der Waals surface area contributed by atoms with E-state index in [-0.39, 0.29) is 6.61 Å². The molecule has 0 heterocycles. The molecule has 0 saturated heterocycles. The molecule has 0 aliphatic heterocycles. The number of aliphatic hydroxyl groups is 1. The minimum atomic E-state index is 0.197. The summed E-state index contributed by atoms with van der Waals surface area (Å²) in [6, 6.07) is 0. The van der Waals surface area contributed by atoms with E-state index in [2.05, 4.69) is 13.8 Å². The van der Waals surface area contributed by atoms with Crippen molar-refractivity contribution in [1.82, 2.24) is 0 Å². The third-order valence-corrected chi connectivity index (χ3v) is 2.61. The number of rotatable bonds is 9. The average molecular weight is 198 g/mol. The van der Waals surface area contributed by atoms with Gasteiger partial charge in [0.25, 0.3) is 0 Å². The van der Waals surface area contributed by atoms with Gasteiger partial charge in [-0.05, 0) is 19.8 Å². The van der Waals surface area contributed by atoms with E-state index in [0.29, 0.717) is 0 Å². The van der Waals surface area contributed by atoms with Crippen LogP contribution in [0.1, 0.15) is 65.2 Å². The quantitative estimate of drug-likeness (QED) is 0.437. The molecule has 0 bridgehead atoms. The van der Waals surface area contributed by atoms with Gasteiger partial charge in [-0.3, -0.25) is 0 Å². The summed E-state index contributed by atoms with van der Waals surface area (Å²) in [5.74, 6) is 0. The highest BCUT2D eigenvalue weighted by molar-refractivity contribution is 4.97. The molecule has 0 rings (SSSR count). The van der Waals surface area contributed by atoms with E-state index in [4.69, 9.17) is 5.11 Å². The molecule has 0 unspecified atom stereocenters. The fourth-order valence-corrected chi connectivity index (χ4v) is 1.62. The van der Waals surface area contributed by atoms with Crippen molar-refractivity contribution in [1.29, 1.82) is 0 Å². The van der Waals surface area contributed by atoms with Crippen LogP contribution in [0.3, 0.4) is 0 Å². The second-order valence-corrected chi connectivity index (χ2v) is 4.10. The molecule has 84 valence electrons. The van der Waals surface area contributed by atoms with Crippen LogP contribution in [0.2, 0.25) is 0 Å². The molecule has 1 N–H and O–H groups in total. The van der Waals surface area contributed by atoms with Crippen molar-refractivity contribution in [3.63, 3.8) is 0 Å². The summed E-state index contributed by atoms with van der Waals surface area (Å²) in [6.45, 7) is 4.55. The molecule has 0 aromatic carbocycles. The summed E-state index contributed by atoms with van der Waals surface area (Å²) in [7, 11) is 0. The van der Waals surface area contributed by atoms with Gasteiger partial charge in [0.1, 0.15) is 0 Å². The second-order valence-electron chi connectivity index (χ2n) is 4.10. The Morgan fingerprint density at radius 3 is 2.14 bits per heavy atom. The van der Waals surface area contributed by atoms with Crippen molar-refractivity contribution >= 4 is 0 Å². The molecule has 0 radical (unpaired) electrons. The Bertz CT molecular complexity index is 138. The summed E-state index contributed by atoms with van der Waals surface area (Å²) < 4.78 is 0. The monoisotopic (exact) mass is 198 g/mol. The molecule has 0 spiro atoms. The zero-order valence-electron chi connectivity index (χ0n) is 9.89. The number of unbranched alkanes of at least 4 members (excludes halogenated alkanes) is 6. The summed E-state index contributed by atoms with van der Waals surface area (Å²) in [4.78, 5) is 0. The van der Waals surface area contributed by atoms with Crippen molar-refractivity contribution in [2.45, 2.75) is 65.2 Å². The van der Waals surface area contributed by atoms with Crippen LogP contribution in [0.15, 0.2) is 11.6 Å². The third-order valence-electron chi connectivity index (χ3n) is 2.61. The van der Waals surface area contributed by atoms with E-state index in [9.17, 15) is 0 Å². The molecule has 0 aromatic rings. The molecule has 0 aromatic heterocycles. The van der Waals surface area contributed by atoms with Gasteiger partial charge >= 0.3 is 0 Å². The molecule has 0 atom stereocenters. The van der Waals surface area contributed by atoms with Crippen LogP contribution in [0.5, 0.6) is 0 Å². The van der Waals surface area contributed by atoms with Crippen molar-refractivity contribution in [3.05, 3.63) is 11.6 Å². The highest BCUT2D eigenvalue weighted by atomic mass is 16.2. The van der Waals surface area contributed by atoms with Gasteiger partial charge in [-0.15, -0.1) is 0 Å². The SMILES string of the molecule is CCCCCCCCCC(C)=CCO. The minimum absolute atomic E-state index is 0.197. The predicted molar refractivity (Wildman–Crippen MR) is 63.5 cm³/mol. The van der Waals surface area contributed by atoms with Gasteiger partial charge in [-0.25, -0.2) is 0 Å². The van der Waals surface area contributed by atoms with Crippen LogP contribution in [-0.4, -0.2) is 11.7 Å². The Balaban J connectivity index is 3.09. The fourth-order valence-electron chi connectivity index (χ4n) is 1.62. The lowest BCUT2D eigenvalue weighted by molar-refractivity contribution is 0.341. The van der Waals surface area contributed by atoms with Crippen LogP contribution in [0.4, 0.5) is 0 Å². The molecule has 0 aliphatic carbocycles. The largest absolute Gasteiger partial charge is 0.392 e. The van der Waals surface area contributed by atoms with E-state index in [0.717, 1.165) is 6.42 Å². The first-order valence-electron chi connectivity index (χ1n) is 6.07. The zero-order chi connectivity index (χ0) is 10.6. The lowest BCUT2D eigenvalue weighted by Crippen LogP contribution is -1.83. The van der Waals surface area contributed by atoms with Crippen molar-refractivity contribution in [3.8, 4) is 0 Å². The van der Waals surface area contributed by atoms with Crippen molar-refractivity contribution in [2.24, 2.45) is 0 Å². The van der Waals surface area contributed by atoms with Gasteiger partial charge in [0, 0.05) is 0 Å². The van der Waals surface area contributed by atoms with Crippen molar-refractivity contribution in [2.75, 3.05) is 6.61 Å². The standard InChI is InChI=1S/C13H26O/c1-3-4-5-6-7-8-9-10-13(2)11-12-14/h11,14H,3-10,12H2,1-2H3. The molecule has 0 aliphatic rings. The number of hydrogen-bond donors (Lipinski definition) is 1. The van der Waals surface area contributed by atoms with Crippen LogP contribution in [0.25, 0.3) is 0 Å². The van der Waals surface area contributed by atoms with Gasteiger partial charge in [0.05, 0.1) is 6.61 Å². The molecule has 0 saturated carbocycles. The Hall–Kier alpha value is -0.300. The van der Waals surface area contributed by atoms with E-state index in [1.807, 2.05) is 6.08 Å². The van der Waals surface area contributed by atoms with E-state index >= 15 is 0 Å². The normalized spacial score (nSPS) is 12.1. The summed E-state index contributed by atoms with van der Waals surface area (Å²) in [5.41, 5.74) is 1.33. The fraction of sp³-hybridized carbons (Fsp3) is 0.846. The zero-order valence-corrected chi connectivity index (χ0v) is 9.89. The van der Waals surface area contributed by atoms with Gasteiger partial charge in [-0.2, -0.15) is 0 Å². The summed E-state index contributed by atoms with van der Waals surface area (Å²) >= 11 is 0. The lowest BCUT2D eigenvalue weighted by atomic mass is 10.1. The Morgan fingerprint density at radius 1 is 1.00 bits per heavy atom. The van der Waals surface area contributed by atoms with Crippen LogP contribution in [0, 0.1) is 0 Å². The first-order valence-corrected chi connectivity index (χ1v) is 6.07. The molecule has 1 heteroatoms. The number of hydrogen-bond acceptors (Lipinski definition) is 1. The van der Waals surface area contributed by atoms with Gasteiger partial charge in [0.15, 0.2) is 0 Å². The average Bonchev–Trinajstić information content (AvgIpc) is 2.17.